The van der Waals surface area contributed by atoms with E-state index in [4.69, 9.17) is 4.42 Å². The zero-order chi connectivity index (χ0) is 11.2. The molecule has 0 unspecified atom stereocenters. The molecule has 1 saturated carbocycles. The van der Waals surface area contributed by atoms with E-state index in [1.165, 1.54) is 24.8 Å². The largest absolute Gasteiger partial charge is 0.443 e. The summed E-state index contributed by atoms with van der Waals surface area (Å²) in [7, 11) is 0. The lowest BCUT2D eigenvalue weighted by atomic mass is 10.1. The van der Waals surface area contributed by atoms with Gasteiger partial charge >= 0.3 is 0 Å². The van der Waals surface area contributed by atoms with Crippen LogP contribution in [0.25, 0.3) is 17.0 Å². The van der Waals surface area contributed by atoms with Crippen LogP contribution in [0.3, 0.4) is 0 Å². The van der Waals surface area contributed by atoms with Crippen LogP contribution in [-0.4, -0.2) is 14.4 Å². The van der Waals surface area contributed by atoms with Crippen LogP contribution < -0.4 is 0 Å². The highest BCUT2D eigenvalue weighted by Gasteiger charge is 2.25. The van der Waals surface area contributed by atoms with Crippen LogP contribution in [0.4, 0.5) is 0 Å². The summed E-state index contributed by atoms with van der Waals surface area (Å²) in [6.07, 6.45) is 12.6. The first kappa shape index (κ1) is 8.98. The van der Waals surface area contributed by atoms with E-state index in [1.807, 2.05) is 4.40 Å². The second kappa shape index (κ2) is 3.20. The number of oxazole rings is 1. The summed E-state index contributed by atoms with van der Waals surface area (Å²) in [6, 6.07) is 2.16. The Hall–Kier alpha value is -2.10. The minimum atomic E-state index is 0.692. The number of pyridine rings is 1. The smallest absolute Gasteiger partial charge is 0.181 e. The fourth-order valence-corrected chi connectivity index (χ4v) is 2.16. The maximum Gasteiger partial charge on any atom is 0.181 e. The SMILES string of the molecule is [c]1cnc2c(-c3cnco3)cc(C3CC3)cn12. The van der Waals surface area contributed by atoms with Gasteiger partial charge in [-0.05, 0) is 30.4 Å². The number of imidazole rings is 1. The van der Waals surface area contributed by atoms with Crippen LogP contribution in [0.15, 0.2) is 35.5 Å². The van der Waals surface area contributed by atoms with Gasteiger partial charge in [-0.25, -0.2) is 9.97 Å². The Bertz CT molecular complexity index is 665. The van der Waals surface area contributed by atoms with Crippen molar-refractivity contribution in [1.29, 1.82) is 0 Å². The van der Waals surface area contributed by atoms with Gasteiger partial charge in [0.25, 0.3) is 0 Å². The molecular formula is C13H10N3O. The lowest BCUT2D eigenvalue weighted by Crippen LogP contribution is -1.92. The lowest BCUT2D eigenvalue weighted by Gasteiger charge is -2.04. The molecule has 17 heavy (non-hydrogen) atoms. The van der Waals surface area contributed by atoms with Crippen molar-refractivity contribution in [1.82, 2.24) is 14.4 Å². The van der Waals surface area contributed by atoms with Crippen molar-refractivity contribution in [2.75, 3.05) is 0 Å². The Kier molecular flexibility index (Phi) is 1.69. The van der Waals surface area contributed by atoms with E-state index in [0.717, 1.165) is 17.0 Å². The molecule has 1 aliphatic carbocycles. The van der Waals surface area contributed by atoms with Gasteiger partial charge in [0.15, 0.2) is 12.2 Å². The Morgan fingerprint density at radius 3 is 3.12 bits per heavy atom. The van der Waals surface area contributed by atoms with Gasteiger partial charge < -0.3 is 4.42 Å². The summed E-state index contributed by atoms with van der Waals surface area (Å²) < 4.78 is 7.31. The minimum absolute atomic E-state index is 0.692. The quantitative estimate of drug-likeness (QED) is 0.672. The number of nitrogens with zero attached hydrogens (tertiary/aromatic N) is 3. The summed E-state index contributed by atoms with van der Waals surface area (Å²) in [6.45, 7) is 0. The maximum absolute atomic E-state index is 5.37. The molecular weight excluding hydrogens is 214 g/mol. The van der Waals surface area contributed by atoms with Gasteiger partial charge in [-0.3, -0.25) is 4.40 Å². The van der Waals surface area contributed by atoms with Gasteiger partial charge in [0.05, 0.1) is 24.2 Å². The average Bonchev–Trinajstić information content (AvgIpc) is 2.89. The summed E-state index contributed by atoms with van der Waals surface area (Å²) in [5, 5.41) is 0. The predicted octanol–water partition coefficient (Wildman–Crippen LogP) is 2.67. The Morgan fingerprint density at radius 2 is 2.35 bits per heavy atom. The number of aromatic nitrogens is 3. The standard InChI is InChI=1S/C13H10N3O/c1-2-9(1)10-5-11(12-6-14-8-17-12)13-15-3-4-16(13)7-10/h3,5-9H,1-2H2. The van der Waals surface area contributed by atoms with E-state index in [2.05, 4.69) is 28.4 Å². The molecule has 1 aliphatic rings. The van der Waals surface area contributed by atoms with Gasteiger partial charge in [-0.2, -0.15) is 0 Å². The predicted molar refractivity (Wildman–Crippen MR) is 61.5 cm³/mol. The van der Waals surface area contributed by atoms with Crippen molar-refractivity contribution in [2.45, 2.75) is 18.8 Å². The zero-order valence-corrected chi connectivity index (χ0v) is 9.13. The van der Waals surface area contributed by atoms with E-state index in [9.17, 15) is 0 Å². The Morgan fingerprint density at radius 1 is 1.41 bits per heavy atom. The van der Waals surface area contributed by atoms with E-state index < -0.39 is 0 Å². The summed E-state index contributed by atoms with van der Waals surface area (Å²) in [5.41, 5.74) is 3.19. The van der Waals surface area contributed by atoms with Crippen molar-refractivity contribution in [2.24, 2.45) is 0 Å². The van der Waals surface area contributed by atoms with Crippen molar-refractivity contribution >= 4 is 5.65 Å². The normalized spacial score (nSPS) is 15.5. The average molecular weight is 224 g/mol. The molecule has 1 radical (unpaired) electrons. The molecule has 0 atom stereocenters. The molecule has 0 spiro atoms. The monoisotopic (exact) mass is 224 g/mol. The molecule has 4 rings (SSSR count). The molecule has 3 aromatic rings. The third kappa shape index (κ3) is 1.37. The Balaban J connectivity index is 2.01. The van der Waals surface area contributed by atoms with Crippen LogP contribution in [0, 0.1) is 6.20 Å². The highest BCUT2D eigenvalue weighted by Crippen LogP contribution is 2.41. The van der Waals surface area contributed by atoms with E-state index in [0.29, 0.717) is 5.92 Å². The Labute approximate surface area is 97.9 Å². The van der Waals surface area contributed by atoms with Gasteiger partial charge in [0.2, 0.25) is 0 Å². The number of rotatable bonds is 2. The van der Waals surface area contributed by atoms with Crippen molar-refractivity contribution < 1.29 is 4.42 Å². The maximum atomic E-state index is 5.37. The number of hydrogen-bond donors (Lipinski definition) is 0. The molecule has 0 aliphatic heterocycles. The molecule has 3 heterocycles. The van der Waals surface area contributed by atoms with Gasteiger partial charge in [-0.15, -0.1) is 0 Å². The molecule has 4 heteroatoms. The lowest BCUT2D eigenvalue weighted by molar-refractivity contribution is 0.572. The first-order valence-electron chi connectivity index (χ1n) is 5.69. The van der Waals surface area contributed by atoms with Crippen molar-refractivity contribution in [3.05, 3.63) is 42.8 Å². The third-order valence-electron chi connectivity index (χ3n) is 3.19. The summed E-state index contributed by atoms with van der Waals surface area (Å²) in [4.78, 5) is 8.28. The molecule has 0 amide bonds. The molecule has 0 N–H and O–H groups in total. The van der Waals surface area contributed by atoms with Crippen LogP contribution in [0.2, 0.25) is 0 Å². The van der Waals surface area contributed by atoms with Crippen LogP contribution in [0.1, 0.15) is 24.3 Å². The van der Waals surface area contributed by atoms with Crippen molar-refractivity contribution in [3.63, 3.8) is 0 Å². The van der Waals surface area contributed by atoms with Crippen molar-refractivity contribution in [3.8, 4) is 11.3 Å². The van der Waals surface area contributed by atoms with Gasteiger partial charge in [0.1, 0.15) is 5.65 Å². The zero-order valence-electron chi connectivity index (χ0n) is 9.13. The van der Waals surface area contributed by atoms with Crippen LogP contribution in [-0.2, 0) is 0 Å². The molecule has 83 valence electrons. The van der Waals surface area contributed by atoms with Crippen LogP contribution in [0.5, 0.6) is 0 Å². The molecule has 0 bridgehead atoms. The molecule has 0 aromatic carbocycles. The van der Waals surface area contributed by atoms with E-state index in [-0.39, 0.29) is 0 Å². The third-order valence-corrected chi connectivity index (χ3v) is 3.19. The van der Waals surface area contributed by atoms with E-state index >= 15 is 0 Å². The summed E-state index contributed by atoms with van der Waals surface area (Å²) >= 11 is 0. The van der Waals surface area contributed by atoms with Crippen LogP contribution >= 0.6 is 0 Å². The van der Waals surface area contributed by atoms with Gasteiger partial charge in [0, 0.05) is 6.20 Å². The first-order chi connectivity index (χ1) is 8.42. The fraction of sp³-hybridized carbons (Fsp3) is 0.231. The van der Waals surface area contributed by atoms with Gasteiger partial charge in [-0.1, -0.05) is 0 Å². The second-order valence-corrected chi connectivity index (χ2v) is 4.41. The second-order valence-electron chi connectivity index (χ2n) is 4.41. The minimum Gasteiger partial charge on any atom is -0.443 e. The highest BCUT2D eigenvalue weighted by atomic mass is 16.3. The molecule has 4 nitrogen and oxygen atoms in total. The fourth-order valence-electron chi connectivity index (χ4n) is 2.16. The highest BCUT2D eigenvalue weighted by molar-refractivity contribution is 5.74. The number of hydrogen-bond acceptors (Lipinski definition) is 3. The summed E-state index contributed by atoms with van der Waals surface area (Å²) in [5.74, 6) is 1.45. The molecule has 3 aromatic heterocycles. The number of fused-ring (bicyclic) bond motifs is 1. The molecule has 1 fully saturated rings. The van der Waals surface area contributed by atoms with E-state index in [1.54, 1.807) is 12.4 Å². The molecule has 0 saturated heterocycles. The topological polar surface area (TPSA) is 43.3 Å². The first-order valence-corrected chi connectivity index (χ1v) is 5.69.